The van der Waals surface area contributed by atoms with Gasteiger partial charge in [-0.3, -0.25) is 14.5 Å². The Kier molecular flexibility index (Phi) is 6.12. The minimum absolute atomic E-state index is 0.0330. The van der Waals surface area contributed by atoms with Gasteiger partial charge in [0.25, 0.3) is 5.91 Å². The van der Waals surface area contributed by atoms with Crippen molar-refractivity contribution in [2.75, 3.05) is 45.8 Å². The summed E-state index contributed by atoms with van der Waals surface area (Å²) < 4.78 is 0. The zero-order valence-corrected chi connectivity index (χ0v) is 16.1. The third kappa shape index (κ3) is 4.61. The van der Waals surface area contributed by atoms with Crippen LogP contribution in [0.3, 0.4) is 0 Å². The molecule has 2 aliphatic rings. The SMILES string of the molecule is CC(C)CN1CCN(C(=O)C2CCCN(C(=O)c3cccs3)C2)CC1. The van der Waals surface area contributed by atoms with Gasteiger partial charge >= 0.3 is 0 Å². The summed E-state index contributed by atoms with van der Waals surface area (Å²) in [6, 6.07) is 3.77. The lowest BCUT2D eigenvalue weighted by Crippen LogP contribution is -2.53. The van der Waals surface area contributed by atoms with Crippen molar-refractivity contribution in [1.82, 2.24) is 14.7 Å². The summed E-state index contributed by atoms with van der Waals surface area (Å²) in [6.45, 7) is 10.5. The molecule has 2 amide bonds. The molecular formula is C19H29N3O2S. The quantitative estimate of drug-likeness (QED) is 0.825. The molecular weight excluding hydrogens is 334 g/mol. The van der Waals surface area contributed by atoms with E-state index in [1.807, 2.05) is 27.3 Å². The van der Waals surface area contributed by atoms with Gasteiger partial charge in [-0.1, -0.05) is 19.9 Å². The predicted octanol–water partition coefficient (Wildman–Crippen LogP) is 2.40. The lowest BCUT2D eigenvalue weighted by molar-refractivity contribution is -0.138. The van der Waals surface area contributed by atoms with Gasteiger partial charge in [-0.15, -0.1) is 11.3 Å². The Hall–Kier alpha value is -1.40. The number of hydrogen-bond donors (Lipinski definition) is 0. The topological polar surface area (TPSA) is 43.9 Å². The highest BCUT2D eigenvalue weighted by atomic mass is 32.1. The highest BCUT2D eigenvalue weighted by Crippen LogP contribution is 2.22. The average Bonchev–Trinajstić information content (AvgIpc) is 3.15. The molecule has 1 aromatic rings. The van der Waals surface area contributed by atoms with Gasteiger partial charge in [0.2, 0.25) is 5.91 Å². The first-order chi connectivity index (χ1) is 12.0. The third-order valence-electron chi connectivity index (χ3n) is 5.10. The minimum atomic E-state index is -0.0330. The first-order valence-corrected chi connectivity index (χ1v) is 10.3. The smallest absolute Gasteiger partial charge is 0.263 e. The summed E-state index contributed by atoms with van der Waals surface area (Å²) >= 11 is 1.48. The number of hydrogen-bond acceptors (Lipinski definition) is 4. The molecule has 0 N–H and O–H groups in total. The van der Waals surface area contributed by atoms with Crippen LogP contribution in [0.2, 0.25) is 0 Å². The van der Waals surface area contributed by atoms with Gasteiger partial charge < -0.3 is 9.80 Å². The van der Waals surface area contributed by atoms with Gasteiger partial charge in [-0.2, -0.15) is 0 Å². The maximum atomic E-state index is 12.9. The number of piperidine rings is 1. The van der Waals surface area contributed by atoms with Crippen LogP contribution in [0.1, 0.15) is 36.4 Å². The fraction of sp³-hybridized carbons (Fsp3) is 0.684. The van der Waals surface area contributed by atoms with Crippen LogP contribution in [-0.4, -0.2) is 72.3 Å². The first-order valence-electron chi connectivity index (χ1n) is 9.38. The van der Waals surface area contributed by atoms with E-state index in [9.17, 15) is 9.59 Å². The lowest BCUT2D eigenvalue weighted by atomic mass is 9.96. The molecule has 138 valence electrons. The summed E-state index contributed by atoms with van der Waals surface area (Å²) in [6.07, 6.45) is 1.82. The number of carbonyl (C=O) groups is 2. The number of likely N-dealkylation sites (tertiary alicyclic amines) is 1. The fourth-order valence-corrected chi connectivity index (χ4v) is 4.54. The molecule has 0 bridgehead atoms. The van der Waals surface area contributed by atoms with Gasteiger partial charge in [0.15, 0.2) is 0 Å². The van der Waals surface area contributed by atoms with Crippen molar-refractivity contribution >= 4 is 23.2 Å². The van der Waals surface area contributed by atoms with Crippen LogP contribution in [0.15, 0.2) is 17.5 Å². The zero-order valence-electron chi connectivity index (χ0n) is 15.3. The standard InChI is InChI=1S/C19H29N3O2S/c1-15(2)13-20-8-10-21(11-9-20)18(23)16-5-3-7-22(14-16)19(24)17-6-4-12-25-17/h4,6,12,15-16H,3,5,7-11,13-14H2,1-2H3. The van der Waals surface area contributed by atoms with Crippen molar-refractivity contribution in [3.05, 3.63) is 22.4 Å². The van der Waals surface area contributed by atoms with Crippen molar-refractivity contribution in [3.8, 4) is 0 Å². The van der Waals surface area contributed by atoms with Gasteiger partial charge in [0.1, 0.15) is 0 Å². The van der Waals surface area contributed by atoms with Gasteiger partial charge in [0.05, 0.1) is 10.8 Å². The Morgan fingerprint density at radius 1 is 1.16 bits per heavy atom. The molecule has 2 fully saturated rings. The van der Waals surface area contributed by atoms with Crippen LogP contribution >= 0.6 is 11.3 Å². The summed E-state index contributed by atoms with van der Waals surface area (Å²) in [7, 11) is 0. The van der Waals surface area contributed by atoms with Gasteiger partial charge in [0, 0.05) is 45.8 Å². The van der Waals surface area contributed by atoms with E-state index in [-0.39, 0.29) is 17.7 Å². The predicted molar refractivity (Wildman–Crippen MR) is 101 cm³/mol. The van der Waals surface area contributed by atoms with E-state index >= 15 is 0 Å². The number of piperazine rings is 1. The molecule has 1 unspecified atom stereocenters. The largest absolute Gasteiger partial charge is 0.340 e. The summed E-state index contributed by atoms with van der Waals surface area (Å²) in [5.41, 5.74) is 0. The van der Waals surface area contributed by atoms with E-state index in [2.05, 4.69) is 18.7 Å². The second-order valence-electron chi connectivity index (χ2n) is 7.59. The second kappa shape index (κ2) is 8.32. The lowest BCUT2D eigenvalue weighted by Gasteiger charge is -2.39. The molecule has 5 nitrogen and oxygen atoms in total. The van der Waals surface area contributed by atoms with Crippen LogP contribution in [-0.2, 0) is 4.79 Å². The normalized spacial score (nSPS) is 22.4. The van der Waals surface area contributed by atoms with Gasteiger partial charge in [-0.05, 0) is 30.2 Å². The zero-order chi connectivity index (χ0) is 17.8. The maximum Gasteiger partial charge on any atom is 0.263 e. The first kappa shape index (κ1) is 18.4. The Labute approximate surface area is 154 Å². The molecule has 0 radical (unpaired) electrons. The van der Waals surface area contributed by atoms with E-state index in [1.54, 1.807) is 0 Å². The van der Waals surface area contributed by atoms with E-state index in [4.69, 9.17) is 0 Å². The van der Waals surface area contributed by atoms with Crippen molar-refractivity contribution in [3.63, 3.8) is 0 Å². The van der Waals surface area contributed by atoms with Crippen LogP contribution < -0.4 is 0 Å². The summed E-state index contributed by atoms with van der Waals surface area (Å²) in [5, 5.41) is 1.93. The van der Waals surface area contributed by atoms with E-state index in [1.165, 1.54) is 11.3 Å². The Morgan fingerprint density at radius 2 is 1.92 bits per heavy atom. The molecule has 2 aliphatic heterocycles. The molecule has 6 heteroatoms. The summed E-state index contributed by atoms with van der Waals surface area (Å²) in [4.78, 5) is 32.6. The molecule has 0 aromatic carbocycles. The van der Waals surface area contributed by atoms with Crippen molar-refractivity contribution in [2.24, 2.45) is 11.8 Å². The van der Waals surface area contributed by atoms with Crippen LogP contribution in [0.5, 0.6) is 0 Å². The molecule has 0 saturated carbocycles. The Bertz CT molecular complexity index is 579. The third-order valence-corrected chi connectivity index (χ3v) is 5.95. The molecule has 0 spiro atoms. The van der Waals surface area contributed by atoms with Gasteiger partial charge in [-0.25, -0.2) is 0 Å². The Balaban J connectivity index is 1.53. The van der Waals surface area contributed by atoms with Crippen molar-refractivity contribution < 1.29 is 9.59 Å². The van der Waals surface area contributed by atoms with Crippen LogP contribution in [0.25, 0.3) is 0 Å². The second-order valence-corrected chi connectivity index (χ2v) is 8.54. The molecule has 1 atom stereocenters. The fourth-order valence-electron chi connectivity index (χ4n) is 3.84. The number of rotatable bonds is 4. The van der Waals surface area contributed by atoms with E-state index < -0.39 is 0 Å². The number of amides is 2. The minimum Gasteiger partial charge on any atom is -0.340 e. The molecule has 3 heterocycles. The van der Waals surface area contributed by atoms with Crippen LogP contribution in [0.4, 0.5) is 0 Å². The molecule has 2 saturated heterocycles. The highest BCUT2D eigenvalue weighted by Gasteiger charge is 2.33. The highest BCUT2D eigenvalue weighted by molar-refractivity contribution is 7.12. The van der Waals surface area contributed by atoms with Crippen LogP contribution in [0, 0.1) is 11.8 Å². The summed E-state index contributed by atoms with van der Waals surface area (Å²) in [5.74, 6) is 0.953. The number of carbonyl (C=O) groups excluding carboxylic acids is 2. The molecule has 25 heavy (non-hydrogen) atoms. The van der Waals surface area contributed by atoms with E-state index in [0.717, 1.165) is 57.0 Å². The van der Waals surface area contributed by atoms with Crippen molar-refractivity contribution in [2.45, 2.75) is 26.7 Å². The van der Waals surface area contributed by atoms with Crippen molar-refractivity contribution in [1.29, 1.82) is 0 Å². The maximum absolute atomic E-state index is 12.9. The average molecular weight is 364 g/mol. The number of thiophene rings is 1. The Morgan fingerprint density at radius 3 is 2.56 bits per heavy atom. The monoisotopic (exact) mass is 363 g/mol. The molecule has 3 rings (SSSR count). The number of nitrogens with zero attached hydrogens (tertiary/aromatic N) is 3. The molecule has 0 aliphatic carbocycles. The molecule has 1 aromatic heterocycles. The van der Waals surface area contributed by atoms with E-state index in [0.29, 0.717) is 12.5 Å².